The molecule has 0 heterocycles. The smallest absolute Gasteiger partial charge is 0.344 e. The summed E-state index contributed by atoms with van der Waals surface area (Å²) in [5, 5.41) is 0. The SMILES string of the molecule is O=C(C=Cc1ccc(C=CC(=O)c2ccc(OC(F)=C(F)F)cc2)cc1)c1ccc(OC(F)=C(F)F)cc1. The van der Waals surface area contributed by atoms with Crippen LogP contribution in [0.2, 0.25) is 0 Å². The second-order valence-corrected chi connectivity index (χ2v) is 7.38. The first-order chi connectivity index (χ1) is 18.1. The fourth-order valence-corrected chi connectivity index (χ4v) is 2.91. The maximum atomic E-state index is 12.8. The van der Waals surface area contributed by atoms with Gasteiger partial charge < -0.3 is 9.47 Å². The highest BCUT2D eigenvalue weighted by molar-refractivity contribution is 6.07. The van der Waals surface area contributed by atoms with Crippen LogP contribution in [0.15, 0.2) is 109 Å². The van der Waals surface area contributed by atoms with Gasteiger partial charge in [-0.05, 0) is 71.8 Å². The van der Waals surface area contributed by atoms with Crippen molar-refractivity contribution < 1.29 is 45.4 Å². The minimum absolute atomic E-state index is 0.193. The highest BCUT2D eigenvalue weighted by atomic mass is 19.3. The third-order valence-electron chi connectivity index (χ3n) is 4.78. The minimum atomic E-state index is -2.59. The molecule has 3 aromatic carbocycles. The Hall–Kier alpha value is -4.86. The lowest BCUT2D eigenvalue weighted by Crippen LogP contribution is -1.95. The Morgan fingerprint density at radius 3 is 1.11 bits per heavy atom. The van der Waals surface area contributed by atoms with Gasteiger partial charge in [0.05, 0.1) is 0 Å². The van der Waals surface area contributed by atoms with Crippen LogP contribution in [0.4, 0.5) is 26.3 Å². The van der Waals surface area contributed by atoms with Gasteiger partial charge in [0.2, 0.25) is 0 Å². The number of ketones is 2. The van der Waals surface area contributed by atoms with Gasteiger partial charge in [-0.15, -0.1) is 0 Å². The molecule has 0 aliphatic rings. The molecule has 38 heavy (non-hydrogen) atoms. The van der Waals surface area contributed by atoms with Crippen LogP contribution >= 0.6 is 0 Å². The average molecular weight is 530 g/mol. The predicted molar refractivity (Wildman–Crippen MR) is 128 cm³/mol. The first-order valence-corrected chi connectivity index (χ1v) is 10.6. The monoisotopic (exact) mass is 530 g/mol. The van der Waals surface area contributed by atoms with E-state index in [9.17, 15) is 35.9 Å². The predicted octanol–water partition coefficient (Wildman–Crippen LogP) is 8.31. The van der Waals surface area contributed by atoms with E-state index in [0.29, 0.717) is 11.1 Å². The van der Waals surface area contributed by atoms with E-state index in [4.69, 9.17) is 0 Å². The maximum absolute atomic E-state index is 12.8. The summed E-state index contributed by atoms with van der Waals surface area (Å²) >= 11 is 0. The lowest BCUT2D eigenvalue weighted by atomic mass is 10.1. The number of halogens is 6. The van der Waals surface area contributed by atoms with Gasteiger partial charge in [-0.2, -0.15) is 26.3 Å². The Labute approximate surface area is 212 Å². The average Bonchev–Trinajstić information content (AvgIpc) is 2.91. The number of carbonyl (C=O) groups excluding carboxylic acids is 2. The number of hydrogen-bond donors (Lipinski definition) is 0. The van der Waals surface area contributed by atoms with E-state index in [1.165, 1.54) is 60.7 Å². The van der Waals surface area contributed by atoms with Gasteiger partial charge in [-0.3, -0.25) is 9.59 Å². The highest BCUT2D eigenvalue weighted by Gasteiger charge is 2.10. The molecule has 0 radical (unpaired) electrons. The van der Waals surface area contributed by atoms with E-state index in [-0.39, 0.29) is 34.2 Å². The summed E-state index contributed by atoms with van der Waals surface area (Å²) in [5.74, 6) is -1.16. The molecule has 3 rings (SSSR count). The summed E-state index contributed by atoms with van der Waals surface area (Å²) in [5.41, 5.74) is 1.81. The zero-order valence-electron chi connectivity index (χ0n) is 19.1. The molecule has 194 valence electrons. The molecule has 0 unspecified atom stereocenters. The van der Waals surface area contributed by atoms with Crippen molar-refractivity contribution in [2.75, 3.05) is 0 Å². The number of allylic oxidation sites excluding steroid dienone is 2. The van der Waals surface area contributed by atoms with Crippen molar-refractivity contribution in [1.29, 1.82) is 0 Å². The van der Waals surface area contributed by atoms with E-state index in [1.54, 1.807) is 36.4 Å². The Kier molecular flexibility index (Phi) is 9.42. The molecule has 3 aromatic rings. The molecule has 0 N–H and O–H groups in total. The second kappa shape index (κ2) is 12.9. The van der Waals surface area contributed by atoms with Crippen LogP contribution in [-0.4, -0.2) is 11.6 Å². The van der Waals surface area contributed by atoms with Gasteiger partial charge in [0, 0.05) is 11.1 Å². The van der Waals surface area contributed by atoms with E-state index in [1.807, 2.05) is 0 Å². The molecular formula is C28H16F6O4. The fraction of sp³-hybridized carbons (Fsp3) is 0. The summed E-state index contributed by atoms with van der Waals surface area (Å²) in [6.07, 6.45) is 0.493. The van der Waals surface area contributed by atoms with Gasteiger partial charge in [0.1, 0.15) is 11.5 Å². The second-order valence-electron chi connectivity index (χ2n) is 7.38. The molecule has 4 nitrogen and oxygen atoms in total. The molecule has 0 amide bonds. The molecule has 0 bridgehead atoms. The molecule has 0 aromatic heterocycles. The summed E-state index contributed by atoms with van der Waals surface area (Å²) < 4.78 is 82.6. The number of ether oxygens (including phenoxy) is 2. The largest absolute Gasteiger partial charge is 0.428 e. The fourth-order valence-electron chi connectivity index (χ4n) is 2.91. The number of carbonyl (C=O) groups is 2. The van der Waals surface area contributed by atoms with Crippen molar-refractivity contribution in [2.24, 2.45) is 0 Å². The summed E-state index contributed by atoms with van der Waals surface area (Å²) in [6.45, 7) is 0. The Balaban J connectivity index is 1.57. The lowest BCUT2D eigenvalue weighted by molar-refractivity contribution is 0.103. The van der Waals surface area contributed by atoms with E-state index >= 15 is 0 Å². The molecule has 0 aliphatic heterocycles. The molecule has 0 saturated heterocycles. The van der Waals surface area contributed by atoms with Gasteiger partial charge in [-0.1, -0.05) is 36.4 Å². The van der Waals surface area contributed by atoms with Gasteiger partial charge in [0.25, 0.3) is 0 Å². The molecular weight excluding hydrogens is 514 g/mol. The van der Waals surface area contributed by atoms with E-state index < -0.39 is 24.2 Å². The molecule has 0 atom stereocenters. The summed E-state index contributed by atoms with van der Waals surface area (Å²) in [6, 6.07) is 12.7. The van der Waals surface area contributed by atoms with Crippen molar-refractivity contribution in [3.8, 4) is 11.5 Å². The van der Waals surface area contributed by atoms with Crippen LogP contribution in [0.1, 0.15) is 31.8 Å². The maximum Gasteiger partial charge on any atom is 0.344 e. The highest BCUT2D eigenvalue weighted by Crippen LogP contribution is 2.21. The molecule has 0 aliphatic carbocycles. The molecule has 10 heteroatoms. The van der Waals surface area contributed by atoms with E-state index in [2.05, 4.69) is 9.47 Å². The molecule has 0 fully saturated rings. The van der Waals surface area contributed by atoms with Crippen molar-refractivity contribution in [1.82, 2.24) is 0 Å². The summed E-state index contributed by atoms with van der Waals surface area (Å²) in [7, 11) is 0. The van der Waals surface area contributed by atoms with Crippen molar-refractivity contribution in [3.05, 3.63) is 131 Å². The van der Waals surface area contributed by atoms with Gasteiger partial charge in [-0.25, -0.2) is 0 Å². The van der Waals surface area contributed by atoms with Crippen molar-refractivity contribution in [3.63, 3.8) is 0 Å². The quantitative estimate of drug-likeness (QED) is 0.115. The minimum Gasteiger partial charge on any atom is -0.428 e. The topological polar surface area (TPSA) is 52.6 Å². The zero-order chi connectivity index (χ0) is 27.7. The van der Waals surface area contributed by atoms with Crippen LogP contribution in [0, 0.1) is 0 Å². The Morgan fingerprint density at radius 2 is 0.816 bits per heavy atom. The van der Waals surface area contributed by atoms with Crippen LogP contribution in [-0.2, 0) is 0 Å². The Morgan fingerprint density at radius 1 is 0.500 bits per heavy atom. The van der Waals surface area contributed by atoms with Crippen LogP contribution in [0.25, 0.3) is 12.2 Å². The van der Waals surface area contributed by atoms with Gasteiger partial charge in [0.15, 0.2) is 11.6 Å². The zero-order valence-corrected chi connectivity index (χ0v) is 19.1. The van der Waals surface area contributed by atoms with Crippen molar-refractivity contribution in [2.45, 2.75) is 0 Å². The molecule has 0 saturated carbocycles. The van der Waals surface area contributed by atoms with Crippen LogP contribution in [0.5, 0.6) is 11.5 Å². The van der Waals surface area contributed by atoms with Gasteiger partial charge >= 0.3 is 24.2 Å². The van der Waals surface area contributed by atoms with E-state index in [0.717, 1.165) is 0 Å². The number of benzene rings is 3. The first kappa shape index (κ1) is 27.7. The first-order valence-electron chi connectivity index (χ1n) is 10.6. The Bertz CT molecular complexity index is 1300. The normalized spacial score (nSPS) is 10.9. The number of rotatable bonds is 10. The van der Waals surface area contributed by atoms with Crippen LogP contribution < -0.4 is 9.47 Å². The summed E-state index contributed by atoms with van der Waals surface area (Å²) in [4.78, 5) is 24.6. The third kappa shape index (κ3) is 8.09. The van der Waals surface area contributed by atoms with Crippen molar-refractivity contribution >= 4 is 23.7 Å². The molecule has 0 spiro atoms. The van der Waals surface area contributed by atoms with Crippen LogP contribution in [0.3, 0.4) is 0 Å². The lowest BCUT2D eigenvalue weighted by Gasteiger charge is -2.03. The number of hydrogen-bond acceptors (Lipinski definition) is 4. The standard InChI is InChI=1S/C28H16F6O4/c29-25(30)27(33)37-21-11-7-19(8-12-21)23(35)15-5-17-1-2-18(4-3-17)6-16-24(36)20-9-13-22(14-10-20)38-28(34)26(31)32/h1-16H. The third-order valence-corrected chi connectivity index (χ3v) is 4.78.